The highest BCUT2D eigenvalue weighted by atomic mass is 16.5. The summed E-state index contributed by atoms with van der Waals surface area (Å²) in [5.74, 6) is 0.350. The molecule has 0 aliphatic rings. The van der Waals surface area contributed by atoms with Gasteiger partial charge in [-0.2, -0.15) is 0 Å². The molecule has 0 heterocycles. The van der Waals surface area contributed by atoms with Crippen molar-refractivity contribution in [3.63, 3.8) is 0 Å². The van der Waals surface area contributed by atoms with E-state index in [1.54, 1.807) is 18.2 Å². The smallest absolute Gasteiger partial charge is 0.255 e. The Bertz CT molecular complexity index is 414. The summed E-state index contributed by atoms with van der Waals surface area (Å²) in [5, 5.41) is 2.96. The molecule has 0 radical (unpaired) electrons. The molecular weight excluding hydrogens is 216 g/mol. The van der Waals surface area contributed by atoms with Gasteiger partial charge in [-0.25, -0.2) is 0 Å². The van der Waals surface area contributed by atoms with E-state index in [1.807, 2.05) is 20.8 Å². The number of nitrogens with two attached hydrogens (primary N) is 1. The average Bonchev–Trinajstić information content (AvgIpc) is 2.28. The molecule has 4 nitrogen and oxygen atoms in total. The summed E-state index contributed by atoms with van der Waals surface area (Å²) >= 11 is 0. The van der Waals surface area contributed by atoms with Crippen LogP contribution in [0.4, 0.5) is 5.69 Å². The summed E-state index contributed by atoms with van der Waals surface area (Å²) in [5.41, 5.74) is 6.49. The Morgan fingerprint density at radius 2 is 2.12 bits per heavy atom. The summed E-state index contributed by atoms with van der Waals surface area (Å²) < 4.78 is 5.15. The lowest BCUT2D eigenvalue weighted by atomic mass is 10.0. The molecular formula is C13H20N2O2. The highest BCUT2D eigenvalue weighted by Gasteiger charge is 2.21. The van der Waals surface area contributed by atoms with Gasteiger partial charge in [0.2, 0.25) is 0 Å². The Kier molecular flexibility index (Phi) is 3.99. The second kappa shape index (κ2) is 5.08. The number of nitrogen functional groups attached to an aromatic ring is 1. The standard InChI is InChI=1S/C13H20N2O2/c1-5-13(2,3)15-12(16)10-7-6-9(14)8-11(10)17-4/h6-8H,5,14H2,1-4H3,(H,15,16). The van der Waals surface area contributed by atoms with E-state index < -0.39 is 0 Å². The minimum atomic E-state index is -0.233. The molecule has 0 aliphatic carbocycles. The van der Waals surface area contributed by atoms with Crippen molar-refractivity contribution >= 4 is 11.6 Å². The molecule has 1 amide bonds. The number of nitrogens with one attached hydrogen (secondary N) is 1. The van der Waals surface area contributed by atoms with Gasteiger partial charge in [0.05, 0.1) is 12.7 Å². The van der Waals surface area contributed by atoms with Gasteiger partial charge in [-0.3, -0.25) is 4.79 Å². The van der Waals surface area contributed by atoms with Crippen LogP contribution < -0.4 is 15.8 Å². The topological polar surface area (TPSA) is 64.4 Å². The van der Waals surface area contributed by atoms with E-state index in [0.29, 0.717) is 17.0 Å². The maximum absolute atomic E-state index is 12.1. The van der Waals surface area contributed by atoms with Crippen molar-refractivity contribution in [2.45, 2.75) is 32.7 Å². The van der Waals surface area contributed by atoms with Gasteiger partial charge in [0.25, 0.3) is 5.91 Å². The van der Waals surface area contributed by atoms with E-state index in [-0.39, 0.29) is 11.4 Å². The lowest BCUT2D eigenvalue weighted by Gasteiger charge is -2.25. The van der Waals surface area contributed by atoms with Crippen molar-refractivity contribution in [3.8, 4) is 5.75 Å². The first kappa shape index (κ1) is 13.4. The SMILES string of the molecule is CCC(C)(C)NC(=O)c1ccc(N)cc1OC. The number of rotatable bonds is 4. The highest BCUT2D eigenvalue weighted by molar-refractivity contribution is 5.97. The van der Waals surface area contributed by atoms with Crippen LogP contribution in [0.2, 0.25) is 0 Å². The predicted octanol–water partition coefficient (Wildman–Crippen LogP) is 2.20. The minimum Gasteiger partial charge on any atom is -0.496 e. The van der Waals surface area contributed by atoms with Crippen LogP contribution in [-0.4, -0.2) is 18.6 Å². The number of anilines is 1. The van der Waals surface area contributed by atoms with E-state index in [4.69, 9.17) is 10.5 Å². The summed E-state index contributed by atoms with van der Waals surface area (Å²) in [6.07, 6.45) is 0.857. The molecule has 1 aromatic carbocycles. The monoisotopic (exact) mass is 236 g/mol. The molecule has 0 aliphatic heterocycles. The van der Waals surface area contributed by atoms with Gasteiger partial charge >= 0.3 is 0 Å². The molecule has 0 fully saturated rings. The molecule has 17 heavy (non-hydrogen) atoms. The Balaban J connectivity index is 2.96. The van der Waals surface area contributed by atoms with Crippen LogP contribution in [0.1, 0.15) is 37.6 Å². The van der Waals surface area contributed by atoms with E-state index >= 15 is 0 Å². The van der Waals surface area contributed by atoms with Crippen LogP contribution in [0.15, 0.2) is 18.2 Å². The second-order valence-corrected chi connectivity index (χ2v) is 4.65. The maximum atomic E-state index is 12.1. The summed E-state index contributed by atoms with van der Waals surface area (Å²) in [6.45, 7) is 5.99. The first-order valence-electron chi connectivity index (χ1n) is 5.65. The fraction of sp³-hybridized carbons (Fsp3) is 0.462. The largest absolute Gasteiger partial charge is 0.496 e. The minimum absolute atomic E-state index is 0.145. The third-order valence-electron chi connectivity index (χ3n) is 2.81. The molecule has 0 unspecified atom stereocenters. The highest BCUT2D eigenvalue weighted by Crippen LogP contribution is 2.22. The molecule has 0 bridgehead atoms. The molecule has 3 N–H and O–H groups in total. The molecule has 0 atom stereocenters. The molecule has 1 aromatic rings. The van der Waals surface area contributed by atoms with E-state index in [9.17, 15) is 4.79 Å². The van der Waals surface area contributed by atoms with Crippen molar-refractivity contribution < 1.29 is 9.53 Å². The number of carbonyl (C=O) groups excluding carboxylic acids is 1. The zero-order valence-electron chi connectivity index (χ0n) is 10.8. The van der Waals surface area contributed by atoms with Crippen LogP contribution in [0.5, 0.6) is 5.75 Å². The molecule has 0 saturated heterocycles. The first-order valence-corrected chi connectivity index (χ1v) is 5.65. The Morgan fingerprint density at radius 1 is 1.47 bits per heavy atom. The van der Waals surface area contributed by atoms with Crippen LogP contribution in [-0.2, 0) is 0 Å². The third-order valence-corrected chi connectivity index (χ3v) is 2.81. The Morgan fingerprint density at radius 3 is 2.65 bits per heavy atom. The van der Waals surface area contributed by atoms with Gasteiger partial charge in [-0.05, 0) is 32.4 Å². The van der Waals surface area contributed by atoms with Crippen molar-refractivity contribution in [3.05, 3.63) is 23.8 Å². The van der Waals surface area contributed by atoms with Crippen molar-refractivity contribution in [1.82, 2.24) is 5.32 Å². The fourth-order valence-electron chi connectivity index (χ4n) is 1.36. The summed E-state index contributed by atoms with van der Waals surface area (Å²) in [6, 6.07) is 5.01. The zero-order valence-corrected chi connectivity index (χ0v) is 10.8. The number of amides is 1. The first-order chi connectivity index (χ1) is 7.89. The number of benzene rings is 1. The molecule has 1 rings (SSSR count). The molecule has 0 aromatic heterocycles. The van der Waals surface area contributed by atoms with Gasteiger partial charge in [0.15, 0.2) is 0 Å². The fourth-order valence-corrected chi connectivity index (χ4v) is 1.36. The van der Waals surface area contributed by atoms with Crippen molar-refractivity contribution in [1.29, 1.82) is 0 Å². The summed E-state index contributed by atoms with van der Waals surface area (Å²) in [4.78, 5) is 12.1. The number of hydrogen-bond acceptors (Lipinski definition) is 3. The van der Waals surface area contributed by atoms with Gasteiger partial charge in [-0.15, -0.1) is 0 Å². The van der Waals surface area contributed by atoms with Gasteiger partial charge in [-0.1, -0.05) is 6.92 Å². The Hall–Kier alpha value is -1.71. The van der Waals surface area contributed by atoms with E-state index in [0.717, 1.165) is 6.42 Å². The molecule has 0 saturated carbocycles. The van der Waals surface area contributed by atoms with E-state index in [2.05, 4.69) is 5.32 Å². The maximum Gasteiger partial charge on any atom is 0.255 e. The van der Waals surface area contributed by atoms with Crippen LogP contribution in [0, 0.1) is 0 Å². The number of methoxy groups -OCH3 is 1. The number of carbonyl (C=O) groups is 1. The lowest BCUT2D eigenvalue weighted by Crippen LogP contribution is -2.42. The van der Waals surface area contributed by atoms with Gasteiger partial charge in [0, 0.05) is 17.3 Å². The predicted molar refractivity (Wildman–Crippen MR) is 69.2 cm³/mol. The van der Waals surface area contributed by atoms with Crippen molar-refractivity contribution in [2.24, 2.45) is 0 Å². The molecule has 4 heteroatoms. The molecule has 0 spiro atoms. The number of hydrogen-bond donors (Lipinski definition) is 2. The quantitative estimate of drug-likeness (QED) is 0.788. The summed E-state index contributed by atoms with van der Waals surface area (Å²) in [7, 11) is 1.52. The number of ether oxygens (including phenoxy) is 1. The van der Waals surface area contributed by atoms with Gasteiger partial charge < -0.3 is 15.8 Å². The Labute approximate surface area is 102 Å². The average molecular weight is 236 g/mol. The van der Waals surface area contributed by atoms with Crippen LogP contribution >= 0.6 is 0 Å². The normalized spacial score (nSPS) is 11.1. The lowest BCUT2D eigenvalue weighted by molar-refractivity contribution is 0.0908. The van der Waals surface area contributed by atoms with Crippen LogP contribution in [0.3, 0.4) is 0 Å². The van der Waals surface area contributed by atoms with Gasteiger partial charge in [0.1, 0.15) is 5.75 Å². The second-order valence-electron chi connectivity index (χ2n) is 4.65. The zero-order chi connectivity index (χ0) is 13.1. The van der Waals surface area contributed by atoms with Crippen LogP contribution in [0.25, 0.3) is 0 Å². The molecule has 94 valence electrons. The third kappa shape index (κ3) is 3.37. The van der Waals surface area contributed by atoms with E-state index in [1.165, 1.54) is 7.11 Å². The van der Waals surface area contributed by atoms with Crippen molar-refractivity contribution in [2.75, 3.05) is 12.8 Å².